The van der Waals surface area contributed by atoms with Crippen LogP contribution in [0.15, 0.2) is 104 Å². The Bertz CT molecular complexity index is 1660. The van der Waals surface area contributed by atoms with Crippen LogP contribution in [0.4, 0.5) is 4.79 Å². The van der Waals surface area contributed by atoms with Crippen molar-refractivity contribution in [3.63, 3.8) is 0 Å². The van der Waals surface area contributed by atoms with Crippen LogP contribution in [-0.4, -0.2) is 76.2 Å². The number of rotatable bonds is 15. The molecule has 1 aliphatic heterocycles. The molecule has 1 saturated heterocycles. The van der Waals surface area contributed by atoms with Crippen LogP contribution in [0.5, 0.6) is 0 Å². The van der Waals surface area contributed by atoms with Gasteiger partial charge in [0.25, 0.3) is 0 Å². The first-order valence-electron chi connectivity index (χ1n) is 16.6. The van der Waals surface area contributed by atoms with Crippen LogP contribution in [0.2, 0.25) is 19.6 Å². The summed E-state index contributed by atoms with van der Waals surface area (Å²) in [7, 11) is -2.41. The highest BCUT2D eigenvalue weighted by molar-refractivity contribution is 8.01. The third-order valence-electron chi connectivity index (χ3n) is 8.80. The predicted molar refractivity (Wildman–Crippen MR) is 212 cm³/mol. The van der Waals surface area contributed by atoms with E-state index in [9.17, 15) is 19.2 Å². The molecular weight excluding hydrogens is 800 g/mol. The first-order chi connectivity index (χ1) is 24.8. The fraction of sp³-hybridized carbons (Fsp3) is 0.368. The molecule has 3 aromatic rings. The SMILES string of the molecule is C=CCOC(=O)C(C(=O)OC(C)(Cl)[Si](C)(C)C)N1C(=O)[C@H](C(C)OC(=O)OCC(Cl)(Cl)Cl)[C@H]1SC(c1ccccc1)(c1ccccc1)c1ccccc1. The minimum absolute atomic E-state index is 0.241. The molecule has 0 aromatic heterocycles. The molecule has 3 unspecified atom stereocenters. The maximum atomic E-state index is 14.5. The molecule has 0 spiro atoms. The molecule has 3 aromatic carbocycles. The van der Waals surface area contributed by atoms with Crippen molar-refractivity contribution in [3.05, 3.63) is 120 Å². The van der Waals surface area contributed by atoms with Crippen molar-refractivity contribution < 1.29 is 38.1 Å². The van der Waals surface area contributed by atoms with E-state index in [1.807, 2.05) is 111 Å². The second-order valence-corrected chi connectivity index (χ2v) is 23.8. The number of alkyl halides is 4. The van der Waals surface area contributed by atoms with Gasteiger partial charge in [-0.2, -0.15) is 0 Å². The Hall–Kier alpha value is -3.19. The third-order valence-corrected chi connectivity index (χ3v) is 15.5. The topological polar surface area (TPSA) is 108 Å². The summed E-state index contributed by atoms with van der Waals surface area (Å²) < 4.78 is 17.4. The summed E-state index contributed by atoms with van der Waals surface area (Å²) in [6.07, 6.45) is -1.00. The molecular formula is C38H41Cl4NO8SSi. The summed E-state index contributed by atoms with van der Waals surface area (Å²) in [5, 5.41) is -1.03. The van der Waals surface area contributed by atoms with Gasteiger partial charge in [0.15, 0.2) is 4.68 Å². The highest BCUT2D eigenvalue weighted by atomic mass is 35.6. The number of hydrogen-bond donors (Lipinski definition) is 0. The number of hydrogen-bond acceptors (Lipinski definition) is 9. The monoisotopic (exact) mass is 839 g/mol. The minimum atomic E-state index is -2.41. The van der Waals surface area contributed by atoms with Gasteiger partial charge < -0.3 is 23.8 Å². The zero-order valence-corrected chi connectivity index (χ0v) is 34.6. The second kappa shape index (κ2) is 17.5. The summed E-state index contributed by atoms with van der Waals surface area (Å²) in [6.45, 7) is 11.5. The summed E-state index contributed by atoms with van der Waals surface area (Å²) in [5.74, 6) is -3.92. The van der Waals surface area contributed by atoms with Gasteiger partial charge in [-0.3, -0.25) is 4.79 Å². The Morgan fingerprint density at radius 1 is 0.849 bits per heavy atom. The molecule has 0 bridgehead atoms. The summed E-state index contributed by atoms with van der Waals surface area (Å²) in [4.78, 5) is 56.4. The molecule has 0 aliphatic carbocycles. The highest BCUT2D eigenvalue weighted by Crippen LogP contribution is 2.55. The number of ether oxygens (including phenoxy) is 4. The van der Waals surface area contributed by atoms with E-state index in [0.717, 1.165) is 21.6 Å². The highest BCUT2D eigenvalue weighted by Gasteiger charge is 2.61. The van der Waals surface area contributed by atoms with Gasteiger partial charge in [-0.25, -0.2) is 14.4 Å². The molecule has 4 rings (SSSR count). The van der Waals surface area contributed by atoms with Crippen LogP contribution < -0.4 is 0 Å². The lowest BCUT2D eigenvalue weighted by molar-refractivity contribution is -0.182. The van der Waals surface area contributed by atoms with Crippen LogP contribution >= 0.6 is 58.2 Å². The number of β-lactam (4-membered cyclic amide) rings is 1. The standard InChI is InChI=1S/C38H41Cl4NO8SSi/c1-7-23-48-33(45)30(34(46)51-36(3,39)53(4,5)6)43-31(44)29(25(2)50-35(47)49-24-37(40,41)42)32(43)52-38(26-17-11-8-12-18-26,27-19-13-9-14-20-27)28-21-15-10-16-22-28/h7-22,25,29-30,32H,1,23-24H2,2-6H3/t25?,29-,30?,32+,36?/m0/s1. The van der Waals surface area contributed by atoms with Crippen molar-refractivity contribution >= 4 is 90.2 Å². The van der Waals surface area contributed by atoms with Gasteiger partial charge in [-0.1, -0.05) is 170 Å². The van der Waals surface area contributed by atoms with Crippen LogP contribution in [0.25, 0.3) is 0 Å². The quantitative estimate of drug-likeness (QED) is 0.0217. The number of carbonyl (C=O) groups excluding carboxylic acids is 4. The number of benzene rings is 3. The van der Waals surface area contributed by atoms with Gasteiger partial charge in [-0.05, 0) is 30.5 Å². The van der Waals surface area contributed by atoms with Gasteiger partial charge in [0.2, 0.25) is 15.7 Å². The molecule has 53 heavy (non-hydrogen) atoms. The summed E-state index contributed by atoms with van der Waals surface area (Å²) in [5.41, 5.74) is 2.49. The lowest BCUT2D eigenvalue weighted by atomic mass is 9.84. The molecule has 0 N–H and O–H groups in total. The van der Waals surface area contributed by atoms with E-state index in [4.69, 9.17) is 65.4 Å². The number of likely N-dealkylation sites (tertiary alicyclic amines) is 1. The van der Waals surface area contributed by atoms with E-state index in [1.54, 1.807) is 6.92 Å². The Balaban J connectivity index is 1.92. The van der Waals surface area contributed by atoms with Gasteiger partial charge >= 0.3 is 18.1 Å². The molecule has 284 valence electrons. The Morgan fingerprint density at radius 3 is 1.74 bits per heavy atom. The van der Waals surface area contributed by atoms with E-state index in [0.29, 0.717) is 0 Å². The van der Waals surface area contributed by atoms with E-state index in [-0.39, 0.29) is 6.61 Å². The minimum Gasteiger partial charge on any atom is -0.459 e. The van der Waals surface area contributed by atoms with Crippen molar-refractivity contribution in [2.24, 2.45) is 5.92 Å². The van der Waals surface area contributed by atoms with Crippen molar-refractivity contribution in [1.29, 1.82) is 0 Å². The number of esters is 2. The molecule has 9 nitrogen and oxygen atoms in total. The molecule has 1 heterocycles. The fourth-order valence-corrected chi connectivity index (χ4v) is 8.24. The van der Waals surface area contributed by atoms with E-state index in [2.05, 4.69) is 6.58 Å². The van der Waals surface area contributed by atoms with E-state index >= 15 is 0 Å². The Labute approximate surface area is 335 Å². The number of amides is 1. The fourth-order valence-electron chi connectivity index (χ4n) is 5.59. The zero-order valence-electron chi connectivity index (χ0n) is 29.8. The van der Waals surface area contributed by atoms with Crippen LogP contribution in [0.3, 0.4) is 0 Å². The molecule has 15 heteroatoms. The largest absolute Gasteiger partial charge is 0.508 e. The Kier molecular flexibility index (Phi) is 14.1. The van der Waals surface area contributed by atoms with Gasteiger partial charge in [0, 0.05) is 0 Å². The lowest BCUT2D eigenvalue weighted by Gasteiger charge is -2.53. The average molecular weight is 842 g/mol. The lowest BCUT2D eigenvalue weighted by Crippen LogP contribution is -2.70. The van der Waals surface area contributed by atoms with Crippen molar-refractivity contribution in [1.82, 2.24) is 4.90 Å². The number of halogens is 4. The maximum Gasteiger partial charge on any atom is 0.508 e. The number of carbonyl (C=O) groups is 4. The van der Waals surface area contributed by atoms with E-state index in [1.165, 1.54) is 24.8 Å². The molecule has 1 aliphatic rings. The van der Waals surface area contributed by atoms with Crippen molar-refractivity contribution in [2.75, 3.05) is 13.2 Å². The van der Waals surface area contributed by atoms with Crippen LogP contribution in [-0.2, 0) is 38.1 Å². The molecule has 1 amide bonds. The van der Waals surface area contributed by atoms with Gasteiger partial charge in [0.05, 0.1) is 10.1 Å². The van der Waals surface area contributed by atoms with Gasteiger partial charge in [0.1, 0.15) is 33.3 Å². The summed E-state index contributed by atoms with van der Waals surface area (Å²) >= 11 is 25.4. The molecule has 0 radical (unpaired) electrons. The first kappa shape index (κ1) is 42.5. The number of thioether (sulfide) groups is 1. The van der Waals surface area contributed by atoms with E-state index < -0.39 is 75.3 Å². The van der Waals surface area contributed by atoms with Gasteiger partial charge in [-0.15, -0.1) is 11.8 Å². The predicted octanol–water partition coefficient (Wildman–Crippen LogP) is 8.88. The summed E-state index contributed by atoms with van der Waals surface area (Å²) in [6, 6.07) is 26.9. The third kappa shape index (κ3) is 9.92. The maximum absolute atomic E-state index is 14.5. The zero-order chi connectivity index (χ0) is 39.2. The second-order valence-electron chi connectivity index (χ2n) is 13.4. The smallest absolute Gasteiger partial charge is 0.459 e. The van der Waals surface area contributed by atoms with Crippen molar-refractivity contribution in [2.45, 2.75) is 64.2 Å². The van der Waals surface area contributed by atoms with Crippen LogP contribution in [0.1, 0.15) is 30.5 Å². The number of nitrogens with zero attached hydrogens (tertiary/aromatic N) is 1. The van der Waals surface area contributed by atoms with Crippen molar-refractivity contribution in [3.8, 4) is 0 Å². The molecule has 1 fully saturated rings. The van der Waals surface area contributed by atoms with Crippen LogP contribution in [0, 0.1) is 5.92 Å². The molecule has 0 saturated carbocycles. The first-order valence-corrected chi connectivity index (χ1v) is 22.5. The normalized spacial score (nSPS) is 18.4. The molecule has 5 atom stereocenters. The average Bonchev–Trinajstić information content (AvgIpc) is 3.10. The Morgan fingerprint density at radius 2 is 1.32 bits per heavy atom.